The number of benzene rings is 3. The molecule has 40 heavy (non-hydrogen) atoms. The van der Waals surface area contributed by atoms with Gasteiger partial charge in [0, 0.05) is 19.9 Å². The normalized spacial score (nSPS) is 17.9. The number of ether oxygens (including phenoxy) is 2. The van der Waals surface area contributed by atoms with Gasteiger partial charge in [-0.15, -0.1) is 10.2 Å². The van der Waals surface area contributed by atoms with Crippen LogP contribution in [-0.2, 0) is 15.3 Å². The van der Waals surface area contributed by atoms with Crippen molar-refractivity contribution in [1.29, 1.82) is 0 Å². The second kappa shape index (κ2) is 11.4. The van der Waals surface area contributed by atoms with E-state index in [9.17, 15) is 14.7 Å². The number of aliphatic hydroxyl groups excluding tert-OH is 1. The van der Waals surface area contributed by atoms with Gasteiger partial charge in [0.1, 0.15) is 19.0 Å². The quantitative estimate of drug-likeness (QED) is 0.0608. The third kappa shape index (κ3) is 5.30. The van der Waals surface area contributed by atoms with Crippen molar-refractivity contribution in [2.45, 2.75) is 16.1 Å². The van der Waals surface area contributed by atoms with Crippen molar-refractivity contribution in [1.82, 2.24) is 10.2 Å². The van der Waals surface area contributed by atoms with E-state index < -0.39 is 17.7 Å². The highest BCUT2D eigenvalue weighted by atomic mass is 127. The van der Waals surface area contributed by atoms with Crippen molar-refractivity contribution in [2.75, 3.05) is 18.1 Å². The van der Waals surface area contributed by atoms with Crippen LogP contribution in [0.4, 0.5) is 5.13 Å². The summed E-state index contributed by atoms with van der Waals surface area (Å²) in [4.78, 5) is 28.2. The number of rotatable bonds is 6. The molecule has 3 heterocycles. The smallest absolute Gasteiger partial charge is 0.301 e. The molecule has 1 N–H and O–H groups in total. The fourth-order valence-electron chi connectivity index (χ4n) is 4.42. The standard InChI is InChI=1S/C28H19ClIN3O5S2/c29-18-6-1-15(2-7-18)14-39-28-32-31-27(40-28)33-23(16-3-8-19(30)9-4-16)22(25(35)26(33)36)24(34)17-5-10-20-21(13-17)38-12-11-37-20/h1-10,13,23,34H,11-12,14H2. The molecule has 8 nitrogen and oxygen atoms in total. The van der Waals surface area contributed by atoms with Crippen LogP contribution in [0.5, 0.6) is 11.5 Å². The SMILES string of the molecule is O=C1C(=O)N(c2nnc(SCc3ccc(Cl)cc3)s2)C(c2ccc(I)cc2)C1=C(O)c1ccc2c(c1)OCCO2. The van der Waals surface area contributed by atoms with Crippen LogP contribution in [0.1, 0.15) is 22.7 Å². The Bertz CT molecular complexity index is 1640. The zero-order valence-electron chi connectivity index (χ0n) is 20.5. The van der Waals surface area contributed by atoms with E-state index in [-0.39, 0.29) is 16.5 Å². The van der Waals surface area contributed by atoms with Crippen LogP contribution in [0.2, 0.25) is 5.02 Å². The Labute approximate surface area is 256 Å². The Morgan fingerprint density at radius 2 is 1.75 bits per heavy atom. The predicted octanol–water partition coefficient (Wildman–Crippen LogP) is 6.49. The molecule has 1 saturated heterocycles. The lowest BCUT2D eigenvalue weighted by molar-refractivity contribution is -0.132. The van der Waals surface area contributed by atoms with Crippen molar-refractivity contribution < 1.29 is 24.2 Å². The van der Waals surface area contributed by atoms with Crippen LogP contribution < -0.4 is 14.4 Å². The molecule has 3 aromatic carbocycles. The average Bonchev–Trinajstić information content (AvgIpc) is 3.54. The second-order valence-corrected chi connectivity index (χ2v) is 12.7. The molecule has 1 atom stereocenters. The molecule has 1 unspecified atom stereocenters. The lowest BCUT2D eigenvalue weighted by atomic mass is 9.95. The summed E-state index contributed by atoms with van der Waals surface area (Å²) >= 11 is 10.8. The first-order valence-corrected chi connectivity index (χ1v) is 15.3. The van der Waals surface area contributed by atoms with Gasteiger partial charge in [0.2, 0.25) is 5.13 Å². The van der Waals surface area contributed by atoms with E-state index in [1.165, 1.54) is 28.0 Å². The first kappa shape index (κ1) is 27.1. The zero-order valence-corrected chi connectivity index (χ0v) is 25.1. The number of anilines is 1. The summed E-state index contributed by atoms with van der Waals surface area (Å²) in [5, 5.41) is 20.9. The van der Waals surface area contributed by atoms with E-state index >= 15 is 0 Å². The first-order valence-electron chi connectivity index (χ1n) is 12.1. The van der Waals surface area contributed by atoms with E-state index in [2.05, 4.69) is 32.8 Å². The largest absolute Gasteiger partial charge is 0.507 e. The summed E-state index contributed by atoms with van der Waals surface area (Å²) in [5.74, 6) is -0.246. The Morgan fingerprint density at radius 3 is 2.50 bits per heavy atom. The first-order chi connectivity index (χ1) is 19.4. The summed E-state index contributed by atoms with van der Waals surface area (Å²) in [5.41, 5.74) is 2.02. The number of thioether (sulfide) groups is 1. The van der Waals surface area contributed by atoms with Crippen LogP contribution in [0.3, 0.4) is 0 Å². The van der Waals surface area contributed by atoms with Gasteiger partial charge in [0.25, 0.3) is 5.78 Å². The van der Waals surface area contributed by atoms with Gasteiger partial charge < -0.3 is 14.6 Å². The third-order valence-electron chi connectivity index (χ3n) is 6.32. The lowest BCUT2D eigenvalue weighted by Gasteiger charge is -2.23. The summed E-state index contributed by atoms with van der Waals surface area (Å²) in [6, 6.07) is 19.0. The van der Waals surface area contributed by atoms with Gasteiger partial charge in [0.05, 0.1) is 11.6 Å². The Kier molecular flexibility index (Phi) is 7.71. The molecular weight excluding hydrogens is 685 g/mol. The molecule has 2 aliphatic heterocycles. The monoisotopic (exact) mass is 703 g/mol. The number of carbonyl (C=O) groups is 2. The number of aliphatic hydroxyl groups is 1. The maximum atomic E-state index is 13.5. The van der Waals surface area contributed by atoms with Gasteiger partial charge >= 0.3 is 5.91 Å². The molecule has 2 aliphatic rings. The highest BCUT2D eigenvalue weighted by Crippen LogP contribution is 2.45. The molecule has 4 aromatic rings. The minimum atomic E-state index is -0.896. The van der Waals surface area contributed by atoms with Crippen LogP contribution in [0.15, 0.2) is 76.6 Å². The van der Waals surface area contributed by atoms with Gasteiger partial charge in [-0.05, 0) is 76.2 Å². The Morgan fingerprint density at radius 1 is 1.02 bits per heavy atom. The molecule has 6 rings (SSSR count). The number of halogens is 2. The van der Waals surface area contributed by atoms with Crippen LogP contribution in [0, 0.1) is 3.57 Å². The van der Waals surface area contributed by atoms with Crippen molar-refractivity contribution >= 4 is 79.9 Å². The number of Topliss-reactive ketones (excluding diaryl/α,β-unsaturated/α-hetero) is 1. The molecule has 0 saturated carbocycles. The van der Waals surface area contributed by atoms with Gasteiger partial charge in [-0.2, -0.15) is 0 Å². The van der Waals surface area contributed by atoms with E-state index in [1.54, 1.807) is 18.2 Å². The molecular formula is C28H19ClIN3O5S2. The predicted molar refractivity (Wildman–Crippen MR) is 162 cm³/mol. The van der Waals surface area contributed by atoms with Crippen LogP contribution >= 0.6 is 57.3 Å². The van der Waals surface area contributed by atoms with E-state index in [1.807, 2.05) is 48.5 Å². The second-order valence-electron chi connectivity index (χ2n) is 8.84. The molecule has 202 valence electrons. The molecule has 1 fully saturated rings. The van der Waals surface area contributed by atoms with Crippen molar-refractivity contribution in [3.63, 3.8) is 0 Å². The minimum absolute atomic E-state index is 0.0338. The van der Waals surface area contributed by atoms with E-state index in [0.29, 0.717) is 51.0 Å². The van der Waals surface area contributed by atoms with Crippen molar-refractivity contribution in [2.24, 2.45) is 0 Å². The van der Waals surface area contributed by atoms with Gasteiger partial charge in [-0.25, -0.2) is 0 Å². The summed E-state index contributed by atoms with van der Waals surface area (Å²) in [6.45, 7) is 0.803. The van der Waals surface area contributed by atoms with Crippen LogP contribution in [0.25, 0.3) is 5.76 Å². The topological polar surface area (TPSA) is 102 Å². The number of nitrogens with zero attached hydrogens (tertiary/aromatic N) is 3. The molecule has 1 amide bonds. The molecule has 0 aliphatic carbocycles. The van der Waals surface area contributed by atoms with Crippen molar-refractivity contribution in [3.05, 3.63) is 97.6 Å². The molecule has 12 heteroatoms. The molecule has 1 aromatic heterocycles. The minimum Gasteiger partial charge on any atom is -0.507 e. The molecule has 0 radical (unpaired) electrons. The Balaban J connectivity index is 1.38. The van der Waals surface area contributed by atoms with E-state index in [0.717, 1.165) is 9.13 Å². The molecule has 0 bridgehead atoms. The number of hydrogen-bond acceptors (Lipinski definition) is 9. The highest BCUT2D eigenvalue weighted by Gasteiger charge is 2.48. The zero-order chi connectivity index (χ0) is 27.8. The fourth-order valence-corrected chi connectivity index (χ4v) is 6.73. The summed E-state index contributed by atoms with van der Waals surface area (Å²) < 4.78 is 12.9. The number of carbonyl (C=O) groups excluding carboxylic acids is 2. The van der Waals surface area contributed by atoms with E-state index in [4.69, 9.17) is 21.1 Å². The third-order valence-corrected chi connectivity index (χ3v) is 9.42. The lowest BCUT2D eigenvalue weighted by Crippen LogP contribution is -2.29. The number of hydrogen-bond donors (Lipinski definition) is 1. The number of amides is 1. The van der Waals surface area contributed by atoms with Gasteiger partial charge in [0.15, 0.2) is 15.8 Å². The number of aromatic nitrogens is 2. The maximum Gasteiger partial charge on any atom is 0.301 e. The van der Waals surface area contributed by atoms with Gasteiger partial charge in [-0.3, -0.25) is 14.5 Å². The average molecular weight is 704 g/mol. The Hall–Kier alpha value is -3.13. The van der Waals surface area contributed by atoms with Gasteiger partial charge in [-0.1, -0.05) is 59.0 Å². The summed E-state index contributed by atoms with van der Waals surface area (Å²) in [6.07, 6.45) is 0. The number of fused-ring (bicyclic) bond motifs is 1. The fraction of sp³-hybridized carbons (Fsp3) is 0.143. The highest BCUT2D eigenvalue weighted by molar-refractivity contribution is 14.1. The van der Waals surface area contributed by atoms with Crippen LogP contribution in [-0.4, -0.2) is 40.2 Å². The van der Waals surface area contributed by atoms with Crippen molar-refractivity contribution in [3.8, 4) is 11.5 Å². The number of ketones is 1. The summed E-state index contributed by atoms with van der Waals surface area (Å²) in [7, 11) is 0. The molecule has 0 spiro atoms. The maximum absolute atomic E-state index is 13.5.